The Morgan fingerprint density at radius 3 is 3.05 bits per heavy atom. The first-order valence-corrected chi connectivity index (χ1v) is 7.55. The third-order valence-electron chi connectivity index (χ3n) is 4.18. The number of benzene rings is 1. The van der Waals surface area contributed by atoms with E-state index in [2.05, 4.69) is 5.32 Å². The number of carbonyl (C=O) groups is 1. The topological polar surface area (TPSA) is 41.6 Å². The number of hydrogen-bond donors (Lipinski definition) is 1. The van der Waals surface area contributed by atoms with E-state index in [1.807, 2.05) is 30.0 Å². The number of nitrogens with zero attached hydrogens (tertiary/aromatic N) is 1. The number of fused-ring (bicyclic) bond motifs is 1. The van der Waals surface area contributed by atoms with E-state index in [-0.39, 0.29) is 24.4 Å². The lowest BCUT2D eigenvalue weighted by atomic mass is 10.1. The molecule has 0 aromatic heterocycles. The van der Waals surface area contributed by atoms with Gasteiger partial charge in [0.1, 0.15) is 0 Å². The minimum atomic E-state index is 0. The molecular weight excluding hydrogens is 288 g/mol. The van der Waals surface area contributed by atoms with Crippen LogP contribution in [0.5, 0.6) is 0 Å². The van der Waals surface area contributed by atoms with E-state index in [4.69, 9.17) is 4.74 Å². The number of amides is 1. The van der Waals surface area contributed by atoms with Crippen LogP contribution in [0.1, 0.15) is 35.7 Å². The summed E-state index contributed by atoms with van der Waals surface area (Å²) in [5.74, 6) is 0.123. The standard InChI is InChI=1S/C16H22N2O2.ClH/c1-2-18(11-14-4-3-9-20-14)16(19)13-5-6-15-12(10-13)7-8-17-15;/h5-6,10,14,17H,2-4,7-9,11H2,1H3;1H. The Hall–Kier alpha value is -1.26. The van der Waals surface area contributed by atoms with Crippen molar-refractivity contribution in [2.45, 2.75) is 32.3 Å². The van der Waals surface area contributed by atoms with Crippen LogP contribution in [0.25, 0.3) is 0 Å². The largest absolute Gasteiger partial charge is 0.384 e. The van der Waals surface area contributed by atoms with Gasteiger partial charge in [-0.05, 0) is 49.9 Å². The van der Waals surface area contributed by atoms with E-state index in [1.165, 1.54) is 11.3 Å². The monoisotopic (exact) mass is 310 g/mol. The molecule has 0 saturated carbocycles. The fraction of sp³-hybridized carbons (Fsp3) is 0.562. The lowest BCUT2D eigenvalue weighted by Crippen LogP contribution is -2.37. The molecule has 1 saturated heterocycles. The fourth-order valence-corrected chi connectivity index (χ4v) is 3.01. The first-order valence-electron chi connectivity index (χ1n) is 7.55. The molecule has 0 radical (unpaired) electrons. The third-order valence-corrected chi connectivity index (χ3v) is 4.18. The molecule has 1 amide bonds. The molecule has 1 atom stereocenters. The lowest BCUT2D eigenvalue weighted by Gasteiger charge is -2.24. The van der Waals surface area contributed by atoms with Crippen molar-refractivity contribution in [2.24, 2.45) is 0 Å². The molecule has 1 aromatic carbocycles. The Labute approximate surface area is 132 Å². The summed E-state index contributed by atoms with van der Waals surface area (Å²) in [5.41, 5.74) is 3.22. The quantitative estimate of drug-likeness (QED) is 0.929. The van der Waals surface area contributed by atoms with Gasteiger partial charge in [-0.25, -0.2) is 0 Å². The van der Waals surface area contributed by atoms with Gasteiger partial charge in [0.25, 0.3) is 5.91 Å². The maximum atomic E-state index is 12.6. The second-order valence-corrected chi connectivity index (χ2v) is 5.53. The number of likely N-dealkylation sites (N-methyl/N-ethyl adjacent to an activating group) is 1. The zero-order valence-electron chi connectivity index (χ0n) is 12.4. The molecule has 5 heteroatoms. The minimum Gasteiger partial charge on any atom is -0.384 e. The van der Waals surface area contributed by atoms with E-state index in [0.717, 1.165) is 44.5 Å². The van der Waals surface area contributed by atoms with E-state index in [9.17, 15) is 4.79 Å². The summed E-state index contributed by atoms with van der Waals surface area (Å²) in [6.45, 7) is 5.28. The first kappa shape index (κ1) is 16.1. The van der Waals surface area contributed by atoms with Crippen LogP contribution in [-0.2, 0) is 11.2 Å². The second kappa shape index (κ2) is 7.14. The molecule has 1 unspecified atom stereocenters. The second-order valence-electron chi connectivity index (χ2n) is 5.53. The zero-order valence-corrected chi connectivity index (χ0v) is 13.2. The smallest absolute Gasteiger partial charge is 0.253 e. The highest BCUT2D eigenvalue weighted by atomic mass is 35.5. The number of ether oxygens (including phenoxy) is 1. The Morgan fingerprint density at radius 1 is 1.48 bits per heavy atom. The van der Waals surface area contributed by atoms with Gasteiger partial charge in [-0.2, -0.15) is 0 Å². The van der Waals surface area contributed by atoms with Crippen LogP contribution in [0.3, 0.4) is 0 Å². The SMILES string of the molecule is CCN(CC1CCCO1)C(=O)c1ccc2c(c1)CCN2.Cl. The predicted octanol–water partition coefficient (Wildman–Crippen LogP) is 2.72. The van der Waals surface area contributed by atoms with Crippen LogP contribution >= 0.6 is 12.4 Å². The predicted molar refractivity (Wildman–Crippen MR) is 86.4 cm³/mol. The van der Waals surface area contributed by atoms with Gasteiger partial charge in [-0.1, -0.05) is 0 Å². The highest BCUT2D eigenvalue weighted by Gasteiger charge is 2.23. The van der Waals surface area contributed by atoms with Crippen LogP contribution in [0.4, 0.5) is 5.69 Å². The highest BCUT2D eigenvalue weighted by Crippen LogP contribution is 2.24. The van der Waals surface area contributed by atoms with E-state index < -0.39 is 0 Å². The molecule has 1 aromatic rings. The van der Waals surface area contributed by atoms with Crippen LogP contribution in [0.15, 0.2) is 18.2 Å². The van der Waals surface area contributed by atoms with Crippen molar-refractivity contribution in [2.75, 3.05) is 31.6 Å². The van der Waals surface area contributed by atoms with Gasteiger partial charge in [-0.15, -0.1) is 12.4 Å². The Morgan fingerprint density at radius 2 is 2.33 bits per heavy atom. The number of hydrogen-bond acceptors (Lipinski definition) is 3. The summed E-state index contributed by atoms with van der Waals surface area (Å²) in [6, 6.07) is 5.99. The maximum Gasteiger partial charge on any atom is 0.253 e. The van der Waals surface area contributed by atoms with Crippen molar-refractivity contribution in [1.29, 1.82) is 0 Å². The van der Waals surface area contributed by atoms with Crippen molar-refractivity contribution in [3.8, 4) is 0 Å². The molecule has 21 heavy (non-hydrogen) atoms. The van der Waals surface area contributed by atoms with Crippen LogP contribution in [0.2, 0.25) is 0 Å². The number of anilines is 1. The van der Waals surface area contributed by atoms with Crippen LogP contribution in [0, 0.1) is 0 Å². The van der Waals surface area contributed by atoms with Gasteiger partial charge in [0.2, 0.25) is 0 Å². The molecule has 0 spiro atoms. The average Bonchev–Trinajstić information content (AvgIpc) is 3.14. The van der Waals surface area contributed by atoms with Gasteiger partial charge in [-0.3, -0.25) is 4.79 Å². The fourth-order valence-electron chi connectivity index (χ4n) is 3.01. The number of rotatable bonds is 4. The third kappa shape index (κ3) is 3.50. The Balaban J connectivity index is 0.00000161. The Bertz CT molecular complexity index is 501. The number of halogens is 1. The summed E-state index contributed by atoms with van der Waals surface area (Å²) in [7, 11) is 0. The van der Waals surface area contributed by atoms with Crippen LogP contribution < -0.4 is 5.32 Å². The van der Waals surface area contributed by atoms with E-state index in [1.54, 1.807) is 0 Å². The number of nitrogens with one attached hydrogen (secondary N) is 1. The molecule has 116 valence electrons. The van der Waals surface area contributed by atoms with Gasteiger partial charge < -0.3 is 15.0 Å². The summed E-state index contributed by atoms with van der Waals surface area (Å²) >= 11 is 0. The van der Waals surface area contributed by atoms with Crippen molar-refractivity contribution < 1.29 is 9.53 Å². The molecule has 2 aliphatic rings. The van der Waals surface area contributed by atoms with Gasteiger partial charge in [0, 0.05) is 37.5 Å². The van der Waals surface area contributed by atoms with Crippen molar-refractivity contribution >= 4 is 24.0 Å². The normalized spacial score (nSPS) is 19.6. The van der Waals surface area contributed by atoms with Crippen molar-refractivity contribution in [3.05, 3.63) is 29.3 Å². The first-order chi connectivity index (χ1) is 9.78. The average molecular weight is 311 g/mol. The molecule has 4 nitrogen and oxygen atoms in total. The molecule has 3 rings (SSSR count). The minimum absolute atomic E-state index is 0. The Kier molecular flexibility index (Phi) is 5.48. The van der Waals surface area contributed by atoms with Gasteiger partial charge in [0.05, 0.1) is 6.10 Å². The molecular formula is C16H23ClN2O2. The van der Waals surface area contributed by atoms with Crippen molar-refractivity contribution in [1.82, 2.24) is 4.90 Å². The maximum absolute atomic E-state index is 12.6. The van der Waals surface area contributed by atoms with Gasteiger partial charge in [0.15, 0.2) is 0 Å². The molecule has 0 bridgehead atoms. The zero-order chi connectivity index (χ0) is 13.9. The highest BCUT2D eigenvalue weighted by molar-refractivity contribution is 5.95. The van der Waals surface area contributed by atoms with E-state index >= 15 is 0 Å². The van der Waals surface area contributed by atoms with Crippen molar-refractivity contribution in [3.63, 3.8) is 0 Å². The molecule has 1 fully saturated rings. The summed E-state index contributed by atoms with van der Waals surface area (Å²) in [4.78, 5) is 14.5. The lowest BCUT2D eigenvalue weighted by molar-refractivity contribution is 0.0539. The number of carbonyl (C=O) groups excluding carboxylic acids is 1. The van der Waals surface area contributed by atoms with Gasteiger partial charge >= 0.3 is 0 Å². The summed E-state index contributed by atoms with van der Waals surface area (Å²) in [5, 5.41) is 3.32. The molecule has 2 aliphatic heterocycles. The molecule has 2 heterocycles. The van der Waals surface area contributed by atoms with E-state index in [0.29, 0.717) is 6.54 Å². The summed E-state index contributed by atoms with van der Waals surface area (Å²) in [6.07, 6.45) is 3.41. The molecule has 0 aliphatic carbocycles. The molecule has 1 N–H and O–H groups in total. The summed E-state index contributed by atoms with van der Waals surface area (Å²) < 4.78 is 5.64. The van der Waals surface area contributed by atoms with Crippen LogP contribution in [-0.4, -0.2) is 43.2 Å².